The van der Waals surface area contributed by atoms with Gasteiger partial charge in [-0.15, -0.1) is 6.42 Å². The van der Waals surface area contributed by atoms with Crippen LogP contribution in [0.1, 0.15) is 20.3 Å². The monoisotopic (exact) mass is 111 g/mol. The summed E-state index contributed by atoms with van der Waals surface area (Å²) in [5, 5.41) is 3.15. The average molecular weight is 111 g/mol. The Balaban J connectivity index is 3.01. The molecule has 1 atom stereocenters. The molecule has 0 spiro atoms. The molecular weight excluding hydrogens is 98.1 g/mol. The van der Waals surface area contributed by atoms with Crippen LogP contribution in [0.4, 0.5) is 0 Å². The van der Waals surface area contributed by atoms with Crippen LogP contribution >= 0.6 is 0 Å². The Morgan fingerprint density at radius 2 is 2.38 bits per heavy atom. The van der Waals surface area contributed by atoms with Crippen molar-refractivity contribution in [2.75, 3.05) is 6.54 Å². The third-order valence-corrected chi connectivity index (χ3v) is 1.16. The lowest BCUT2D eigenvalue weighted by atomic mass is 10.3. The Hall–Kier alpha value is -0.480. The summed E-state index contributed by atoms with van der Waals surface area (Å²) in [6.45, 7) is 4.94. The topological polar surface area (TPSA) is 12.0 Å². The fourth-order valence-electron chi connectivity index (χ4n) is 0.377. The summed E-state index contributed by atoms with van der Waals surface area (Å²) >= 11 is 0. The Kier molecular flexibility index (Phi) is 4.39. The van der Waals surface area contributed by atoms with Crippen molar-refractivity contribution in [3.05, 3.63) is 0 Å². The van der Waals surface area contributed by atoms with Crippen molar-refractivity contribution in [2.45, 2.75) is 26.3 Å². The van der Waals surface area contributed by atoms with E-state index in [-0.39, 0.29) is 0 Å². The summed E-state index contributed by atoms with van der Waals surface area (Å²) in [5.41, 5.74) is 0. The third kappa shape index (κ3) is 3.70. The molecule has 0 aliphatic carbocycles. The van der Waals surface area contributed by atoms with Gasteiger partial charge in [0.15, 0.2) is 0 Å². The first-order valence-electron chi connectivity index (χ1n) is 2.98. The molecule has 0 radical (unpaired) electrons. The number of hydrogen-bond donors (Lipinski definition) is 1. The van der Waals surface area contributed by atoms with Crippen molar-refractivity contribution >= 4 is 0 Å². The largest absolute Gasteiger partial charge is 0.304 e. The molecule has 0 heterocycles. The Labute approximate surface area is 51.5 Å². The molecule has 0 aliphatic heterocycles. The van der Waals surface area contributed by atoms with Gasteiger partial charge in [-0.2, -0.15) is 0 Å². The van der Waals surface area contributed by atoms with Gasteiger partial charge in [0.05, 0.1) is 6.54 Å². The van der Waals surface area contributed by atoms with Gasteiger partial charge in [0.1, 0.15) is 0 Å². The second-order valence-electron chi connectivity index (χ2n) is 1.89. The molecule has 0 amide bonds. The van der Waals surface area contributed by atoms with E-state index in [9.17, 15) is 0 Å². The van der Waals surface area contributed by atoms with E-state index in [0.29, 0.717) is 12.6 Å². The highest BCUT2D eigenvalue weighted by molar-refractivity contribution is 4.87. The van der Waals surface area contributed by atoms with Gasteiger partial charge in [0.2, 0.25) is 0 Å². The van der Waals surface area contributed by atoms with Crippen LogP contribution in [0.3, 0.4) is 0 Å². The summed E-state index contributed by atoms with van der Waals surface area (Å²) in [6.07, 6.45) is 6.16. The molecule has 0 bridgehead atoms. The SMILES string of the molecule is C#CCN[C@H](C)CC. The van der Waals surface area contributed by atoms with Crippen molar-refractivity contribution in [2.24, 2.45) is 0 Å². The van der Waals surface area contributed by atoms with Gasteiger partial charge >= 0.3 is 0 Å². The number of terminal acetylenes is 1. The lowest BCUT2D eigenvalue weighted by Crippen LogP contribution is -2.24. The molecule has 1 heteroatoms. The molecule has 0 fully saturated rings. The van der Waals surface area contributed by atoms with E-state index in [2.05, 4.69) is 25.1 Å². The van der Waals surface area contributed by atoms with E-state index >= 15 is 0 Å². The van der Waals surface area contributed by atoms with Crippen LogP contribution in [0.5, 0.6) is 0 Å². The van der Waals surface area contributed by atoms with Gasteiger partial charge in [-0.1, -0.05) is 12.8 Å². The maximum absolute atomic E-state index is 5.02. The number of rotatable bonds is 3. The van der Waals surface area contributed by atoms with E-state index in [4.69, 9.17) is 6.42 Å². The minimum atomic E-state index is 0.561. The maximum Gasteiger partial charge on any atom is 0.0575 e. The zero-order valence-electron chi connectivity index (χ0n) is 5.57. The summed E-state index contributed by atoms with van der Waals surface area (Å²) in [7, 11) is 0. The normalized spacial score (nSPS) is 12.6. The van der Waals surface area contributed by atoms with Crippen molar-refractivity contribution in [3.8, 4) is 12.3 Å². The predicted molar refractivity (Wildman–Crippen MR) is 36.6 cm³/mol. The first-order valence-corrected chi connectivity index (χ1v) is 2.98. The standard InChI is InChI=1S/C7H13N/c1-4-6-8-7(3)5-2/h1,7-8H,5-6H2,2-3H3/t7-/m1/s1. The van der Waals surface area contributed by atoms with Crippen molar-refractivity contribution in [1.82, 2.24) is 5.32 Å². The average Bonchev–Trinajstić information content (AvgIpc) is 1.83. The molecule has 1 N–H and O–H groups in total. The first kappa shape index (κ1) is 7.52. The summed E-state index contributed by atoms with van der Waals surface area (Å²) in [5.74, 6) is 2.52. The molecular formula is C7H13N. The van der Waals surface area contributed by atoms with Gasteiger partial charge in [0.25, 0.3) is 0 Å². The molecule has 0 saturated carbocycles. The zero-order valence-corrected chi connectivity index (χ0v) is 5.57. The molecule has 0 unspecified atom stereocenters. The highest BCUT2D eigenvalue weighted by Crippen LogP contribution is 1.84. The van der Waals surface area contributed by atoms with Gasteiger partial charge in [-0.05, 0) is 13.3 Å². The Morgan fingerprint density at radius 3 is 2.75 bits per heavy atom. The molecule has 0 rings (SSSR count). The van der Waals surface area contributed by atoms with Crippen LogP contribution in [0.15, 0.2) is 0 Å². The minimum Gasteiger partial charge on any atom is -0.304 e. The smallest absolute Gasteiger partial charge is 0.0575 e. The molecule has 46 valence electrons. The van der Waals surface area contributed by atoms with Crippen LogP contribution in [0, 0.1) is 12.3 Å². The van der Waals surface area contributed by atoms with Crippen LogP contribution in [0.25, 0.3) is 0 Å². The van der Waals surface area contributed by atoms with Crippen LogP contribution in [-0.2, 0) is 0 Å². The zero-order chi connectivity index (χ0) is 6.41. The van der Waals surface area contributed by atoms with Crippen LogP contribution < -0.4 is 5.32 Å². The maximum atomic E-state index is 5.02. The van der Waals surface area contributed by atoms with E-state index in [1.165, 1.54) is 0 Å². The van der Waals surface area contributed by atoms with Crippen LogP contribution in [-0.4, -0.2) is 12.6 Å². The fourth-order valence-corrected chi connectivity index (χ4v) is 0.377. The molecule has 8 heavy (non-hydrogen) atoms. The van der Waals surface area contributed by atoms with E-state index in [1.54, 1.807) is 0 Å². The van der Waals surface area contributed by atoms with E-state index in [0.717, 1.165) is 6.42 Å². The summed E-state index contributed by atoms with van der Waals surface area (Å²) in [4.78, 5) is 0. The summed E-state index contributed by atoms with van der Waals surface area (Å²) in [6, 6.07) is 0.561. The third-order valence-electron chi connectivity index (χ3n) is 1.16. The molecule has 0 saturated heterocycles. The predicted octanol–water partition coefficient (Wildman–Crippen LogP) is 1.01. The lowest BCUT2D eigenvalue weighted by molar-refractivity contribution is 0.572. The fraction of sp³-hybridized carbons (Fsp3) is 0.714. The van der Waals surface area contributed by atoms with E-state index < -0.39 is 0 Å². The van der Waals surface area contributed by atoms with Crippen molar-refractivity contribution < 1.29 is 0 Å². The molecule has 0 aromatic rings. The quantitative estimate of drug-likeness (QED) is 0.536. The second kappa shape index (κ2) is 4.67. The van der Waals surface area contributed by atoms with Gasteiger partial charge in [-0.3, -0.25) is 0 Å². The lowest BCUT2D eigenvalue weighted by Gasteiger charge is -2.06. The Morgan fingerprint density at radius 1 is 1.75 bits per heavy atom. The highest BCUT2D eigenvalue weighted by atomic mass is 14.9. The molecule has 0 aromatic carbocycles. The van der Waals surface area contributed by atoms with E-state index in [1.807, 2.05) is 0 Å². The van der Waals surface area contributed by atoms with Gasteiger partial charge in [-0.25, -0.2) is 0 Å². The first-order chi connectivity index (χ1) is 3.81. The van der Waals surface area contributed by atoms with Gasteiger partial charge < -0.3 is 5.32 Å². The number of nitrogens with one attached hydrogen (secondary N) is 1. The highest BCUT2D eigenvalue weighted by Gasteiger charge is 1.91. The molecule has 1 nitrogen and oxygen atoms in total. The molecule has 0 aliphatic rings. The van der Waals surface area contributed by atoms with Crippen molar-refractivity contribution in [1.29, 1.82) is 0 Å². The summed E-state index contributed by atoms with van der Waals surface area (Å²) < 4.78 is 0. The molecule has 0 aromatic heterocycles. The van der Waals surface area contributed by atoms with Crippen molar-refractivity contribution in [3.63, 3.8) is 0 Å². The minimum absolute atomic E-state index is 0.561. The van der Waals surface area contributed by atoms with Gasteiger partial charge in [0, 0.05) is 6.04 Å². The van der Waals surface area contributed by atoms with Crippen LogP contribution in [0.2, 0.25) is 0 Å². The number of hydrogen-bond acceptors (Lipinski definition) is 1. The second-order valence-corrected chi connectivity index (χ2v) is 1.89. The Bertz CT molecular complexity index is 80.9.